The molecule has 3 heteroatoms. The number of aryl methyl sites for hydroxylation is 1. The number of hydrogen-bond acceptors (Lipinski definition) is 2. The van der Waals surface area contributed by atoms with Crippen LogP contribution in [-0.4, -0.2) is 9.78 Å². The number of nitrogen functional groups attached to an aromatic ring is 1. The molecular formula is C12H15N3. The summed E-state index contributed by atoms with van der Waals surface area (Å²) in [5.41, 5.74) is 9.20. The Morgan fingerprint density at radius 3 is 2.53 bits per heavy atom. The average Bonchev–Trinajstić information content (AvgIpc) is 2.56. The van der Waals surface area contributed by atoms with Gasteiger partial charge in [-0.1, -0.05) is 37.3 Å². The van der Waals surface area contributed by atoms with Crippen molar-refractivity contribution in [2.75, 3.05) is 5.73 Å². The van der Waals surface area contributed by atoms with E-state index in [9.17, 15) is 0 Å². The Bertz CT molecular complexity index is 457. The molecular weight excluding hydrogens is 186 g/mol. The fourth-order valence-electron chi connectivity index (χ4n) is 1.76. The predicted octanol–water partition coefficient (Wildman–Crippen LogP) is 2.23. The van der Waals surface area contributed by atoms with E-state index in [4.69, 9.17) is 5.73 Å². The molecule has 15 heavy (non-hydrogen) atoms. The first-order chi connectivity index (χ1) is 7.24. The topological polar surface area (TPSA) is 43.8 Å². The summed E-state index contributed by atoms with van der Waals surface area (Å²) in [5.74, 6) is 0.761. The van der Waals surface area contributed by atoms with Crippen LogP contribution in [0.15, 0.2) is 30.3 Å². The molecule has 1 heterocycles. The van der Waals surface area contributed by atoms with Crippen molar-refractivity contribution in [1.29, 1.82) is 0 Å². The SMILES string of the molecule is CCc1c(-c2ccccc2)nn(C)c1N. The largest absolute Gasteiger partial charge is 0.384 e. The van der Waals surface area contributed by atoms with Crippen LogP contribution in [0.1, 0.15) is 12.5 Å². The number of rotatable bonds is 2. The number of hydrogen-bond donors (Lipinski definition) is 1. The number of nitrogens with zero attached hydrogens (tertiary/aromatic N) is 2. The van der Waals surface area contributed by atoms with Gasteiger partial charge in [0.2, 0.25) is 0 Å². The van der Waals surface area contributed by atoms with E-state index in [0.29, 0.717) is 0 Å². The third kappa shape index (κ3) is 1.61. The van der Waals surface area contributed by atoms with Crippen LogP contribution in [0.4, 0.5) is 5.82 Å². The Kier molecular flexibility index (Phi) is 2.46. The lowest BCUT2D eigenvalue weighted by atomic mass is 10.1. The van der Waals surface area contributed by atoms with E-state index in [1.54, 1.807) is 4.68 Å². The molecule has 2 aromatic rings. The summed E-state index contributed by atoms with van der Waals surface area (Å²) >= 11 is 0. The second kappa shape index (κ2) is 3.77. The Morgan fingerprint density at radius 2 is 1.93 bits per heavy atom. The Balaban J connectivity index is 2.58. The highest BCUT2D eigenvalue weighted by molar-refractivity contribution is 5.68. The molecule has 0 saturated heterocycles. The van der Waals surface area contributed by atoms with Gasteiger partial charge in [-0.25, -0.2) is 0 Å². The van der Waals surface area contributed by atoms with Crippen molar-refractivity contribution in [3.05, 3.63) is 35.9 Å². The van der Waals surface area contributed by atoms with Gasteiger partial charge in [-0.05, 0) is 6.42 Å². The van der Waals surface area contributed by atoms with Crippen molar-refractivity contribution in [3.8, 4) is 11.3 Å². The fraction of sp³-hybridized carbons (Fsp3) is 0.250. The highest BCUT2D eigenvalue weighted by atomic mass is 15.3. The Labute approximate surface area is 89.5 Å². The fourth-order valence-corrected chi connectivity index (χ4v) is 1.76. The van der Waals surface area contributed by atoms with Crippen molar-refractivity contribution in [3.63, 3.8) is 0 Å². The van der Waals surface area contributed by atoms with Crippen molar-refractivity contribution in [2.24, 2.45) is 7.05 Å². The van der Waals surface area contributed by atoms with Crippen molar-refractivity contribution >= 4 is 5.82 Å². The molecule has 0 amide bonds. The molecule has 0 spiro atoms. The molecule has 0 radical (unpaired) electrons. The number of nitrogens with two attached hydrogens (primary N) is 1. The van der Waals surface area contributed by atoms with Gasteiger partial charge >= 0.3 is 0 Å². The summed E-state index contributed by atoms with van der Waals surface area (Å²) in [6.07, 6.45) is 0.907. The van der Waals surface area contributed by atoms with Gasteiger partial charge in [0.1, 0.15) is 5.82 Å². The van der Waals surface area contributed by atoms with Gasteiger partial charge in [0.15, 0.2) is 0 Å². The van der Waals surface area contributed by atoms with E-state index in [0.717, 1.165) is 29.1 Å². The zero-order valence-electron chi connectivity index (χ0n) is 9.07. The van der Waals surface area contributed by atoms with Gasteiger partial charge < -0.3 is 5.73 Å². The third-order valence-electron chi connectivity index (χ3n) is 2.59. The molecule has 0 aliphatic heterocycles. The molecule has 0 saturated carbocycles. The molecule has 2 rings (SSSR count). The molecule has 2 N–H and O–H groups in total. The molecule has 0 bridgehead atoms. The van der Waals surface area contributed by atoms with Crippen molar-refractivity contribution in [2.45, 2.75) is 13.3 Å². The average molecular weight is 201 g/mol. The molecule has 0 atom stereocenters. The zero-order valence-corrected chi connectivity index (χ0v) is 9.07. The highest BCUT2D eigenvalue weighted by Crippen LogP contribution is 2.26. The first-order valence-corrected chi connectivity index (χ1v) is 5.10. The van der Waals surface area contributed by atoms with Gasteiger partial charge in [0, 0.05) is 18.2 Å². The maximum atomic E-state index is 5.95. The normalized spacial score (nSPS) is 10.5. The van der Waals surface area contributed by atoms with E-state index in [1.807, 2.05) is 25.2 Å². The number of aromatic nitrogens is 2. The maximum absolute atomic E-state index is 5.95. The smallest absolute Gasteiger partial charge is 0.125 e. The molecule has 0 unspecified atom stereocenters. The summed E-state index contributed by atoms with van der Waals surface area (Å²) < 4.78 is 1.74. The minimum Gasteiger partial charge on any atom is -0.384 e. The minimum absolute atomic E-state index is 0.761. The van der Waals surface area contributed by atoms with Crippen molar-refractivity contribution < 1.29 is 0 Å². The first-order valence-electron chi connectivity index (χ1n) is 5.10. The lowest BCUT2D eigenvalue weighted by molar-refractivity contribution is 0.781. The lowest BCUT2D eigenvalue weighted by Crippen LogP contribution is -1.98. The second-order valence-corrected chi connectivity index (χ2v) is 3.56. The molecule has 0 fully saturated rings. The van der Waals surface area contributed by atoms with Crippen LogP contribution in [0.2, 0.25) is 0 Å². The summed E-state index contributed by atoms with van der Waals surface area (Å²) in [5, 5.41) is 4.44. The number of anilines is 1. The van der Waals surface area contributed by atoms with Gasteiger partial charge in [0.25, 0.3) is 0 Å². The molecule has 3 nitrogen and oxygen atoms in total. The molecule has 1 aromatic carbocycles. The first kappa shape index (κ1) is 9.77. The van der Waals surface area contributed by atoms with Crippen LogP contribution >= 0.6 is 0 Å². The second-order valence-electron chi connectivity index (χ2n) is 3.56. The van der Waals surface area contributed by atoms with Crippen LogP contribution < -0.4 is 5.73 Å². The van der Waals surface area contributed by atoms with Crippen LogP contribution in [0, 0.1) is 0 Å². The predicted molar refractivity (Wildman–Crippen MR) is 62.4 cm³/mol. The summed E-state index contributed by atoms with van der Waals surface area (Å²) in [4.78, 5) is 0. The Morgan fingerprint density at radius 1 is 1.27 bits per heavy atom. The minimum atomic E-state index is 0.761. The molecule has 0 aliphatic carbocycles. The third-order valence-corrected chi connectivity index (χ3v) is 2.59. The highest BCUT2D eigenvalue weighted by Gasteiger charge is 2.12. The van der Waals surface area contributed by atoms with Gasteiger partial charge in [-0.2, -0.15) is 5.10 Å². The summed E-state index contributed by atoms with van der Waals surface area (Å²) in [6.45, 7) is 2.10. The lowest BCUT2D eigenvalue weighted by Gasteiger charge is -1.99. The van der Waals surface area contributed by atoms with Crippen LogP contribution in [0.5, 0.6) is 0 Å². The molecule has 1 aromatic heterocycles. The standard InChI is InChI=1S/C12H15N3/c1-3-10-11(14-15(2)12(10)13)9-7-5-4-6-8-9/h4-8H,3,13H2,1-2H3. The van der Waals surface area contributed by atoms with Crippen molar-refractivity contribution in [1.82, 2.24) is 9.78 Å². The van der Waals surface area contributed by atoms with Gasteiger partial charge in [-0.15, -0.1) is 0 Å². The summed E-state index contributed by atoms with van der Waals surface area (Å²) in [6, 6.07) is 10.1. The van der Waals surface area contributed by atoms with E-state index in [2.05, 4.69) is 24.2 Å². The van der Waals surface area contributed by atoms with Crippen LogP contribution in [0.25, 0.3) is 11.3 Å². The van der Waals surface area contributed by atoms with E-state index in [-0.39, 0.29) is 0 Å². The quantitative estimate of drug-likeness (QED) is 0.809. The van der Waals surface area contributed by atoms with Gasteiger partial charge in [-0.3, -0.25) is 4.68 Å². The van der Waals surface area contributed by atoms with Crippen LogP contribution in [-0.2, 0) is 13.5 Å². The van der Waals surface area contributed by atoms with E-state index in [1.165, 1.54) is 0 Å². The van der Waals surface area contributed by atoms with Crippen LogP contribution in [0.3, 0.4) is 0 Å². The maximum Gasteiger partial charge on any atom is 0.125 e. The Hall–Kier alpha value is -1.77. The van der Waals surface area contributed by atoms with E-state index >= 15 is 0 Å². The van der Waals surface area contributed by atoms with E-state index < -0.39 is 0 Å². The van der Waals surface area contributed by atoms with Gasteiger partial charge in [0.05, 0.1) is 5.69 Å². The summed E-state index contributed by atoms with van der Waals surface area (Å²) in [7, 11) is 1.88. The molecule has 78 valence electrons. The zero-order chi connectivity index (χ0) is 10.8. The molecule has 0 aliphatic rings. The number of benzene rings is 1. The monoisotopic (exact) mass is 201 g/mol.